The zero-order chi connectivity index (χ0) is 20.1. The van der Waals surface area contributed by atoms with E-state index in [1.165, 1.54) is 11.3 Å². The molecule has 0 aliphatic carbocycles. The lowest BCUT2D eigenvalue weighted by Gasteiger charge is -2.25. The molecule has 0 saturated carbocycles. The van der Waals surface area contributed by atoms with Gasteiger partial charge in [0.15, 0.2) is 5.96 Å². The quantitative estimate of drug-likeness (QED) is 0.293. The van der Waals surface area contributed by atoms with E-state index in [4.69, 9.17) is 4.42 Å². The highest BCUT2D eigenvalue weighted by Crippen LogP contribution is 2.31. The van der Waals surface area contributed by atoms with Crippen molar-refractivity contribution < 1.29 is 4.42 Å². The van der Waals surface area contributed by atoms with Gasteiger partial charge in [-0.25, -0.2) is 4.98 Å². The van der Waals surface area contributed by atoms with Crippen molar-refractivity contribution in [1.82, 2.24) is 15.6 Å². The second kappa shape index (κ2) is 10.5. The van der Waals surface area contributed by atoms with Crippen molar-refractivity contribution in [2.75, 3.05) is 25.0 Å². The zero-order valence-electron chi connectivity index (χ0n) is 17.3. The summed E-state index contributed by atoms with van der Waals surface area (Å²) in [5.41, 5.74) is 4.60. The van der Waals surface area contributed by atoms with Crippen LogP contribution in [0, 0.1) is 0 Å². The number of benzene rings is 2. The van der Waals surface area contributed by atoms with Crippen LogP contribution in [0.5, 0.6) is 0 Å². The highest BCUT2D eigenvalue weighted by atomic mass is 127. The normalized spacial score (nSPS) is 15.5. The first-order valence-electron chi connectivity index (χ1n) is 10.0. The minimum atomic E-state index is 0. The summed E-state index contributed by atoms with van der Waals surface area (Å²) in [7, 11) is 1.78. The van der Waals surface area contributed by atoms with Crippen LogP contribution in [0.3, 0.4) is 0 Å². The van der Waals surface area contributed by atoms with Gasteiger partial charge in [0.25, 0.3) is 0 Å². The van der Waals surface area contributed by atoms with Crippen LogP contribution in [0.2, 0.25) is 0 Å². The standard InChI is InChI=1S/C23H27N5O.HI/c1-17-14-19-10-6-7-11-21(19)28(17)13-12-25-23(24-2)26-15-20-16-29-22(27-20)18-8-4-3-5-9-18;/h3-11,16-17H,12-15H2,1-2H3,(H2,24,25,26);1H. The number of fused-ring (bicyclic) bond motifs is 1. The average molecular weight is 517 g/mol. The van der Waals surface area contributed by atoms with Gasteiger partial charge in [0.05, 0.1) is 12.2 Å². The third kappa shape index (κ3) is 5.13. The van der Waals surface area contributed by atoms with Crippen molar-refractivity contribution in [3.05, 3.63) is 72.1 Å². The number of hydrogen-bond acceptors (Lipinski definition) is 4. The minimum absolute atomic E-state index is 0. The maximum atomic E-state index is 5.59. The molecular weight excluding hydrogens is 489 g/mol. The molecule has 2 aromatic carbocycles. The molecule has 1 aromatic heterocycles. The lowest BCUT2D eigenvalue weighted by Crippen LogP contribution is -2.42. The maximum Gasteiger partial charge on any atom is 0.226 e. The van der Waals surface area contributed by atoms with E-state index in [0.29, 0.717) is 18.5 Å². The van der Waals surface area contributed by atoms with Gasteiger partial charge < -0.3 is 20.0 Å². The summed E-state index contributed by atoms with van der Waals surface area (Å²) in [5.74, 6) is 1.39. The summed E-state index contributed by atoms with van der Waals surface area (Å²) in [4.78, 5) is 11.3. The topological polar surface area (TPSA) is 65.7 Å². The third-order valence-corrected chi connectivity index (χ3v) is 5.23. The molecule has 2 N–H and O–H groups in total. The van der Waals surface area contributed by atoms with Crippen molar-refractivity contribution in [2.24, 2.45) is 4.99 Å². The van der Waals surface area contributed by atoms with E-state index in [0.717, 1.165) is 36.7 Å². The van der Waals surface area contributed by atoms with Gasteiger partial charge in [-0.05, 0) is 37.1 Å². The van der Waals surface area contributed by atoms with E-state index < -0.39 is 0 Å². The predicted octanol–water partition coefficient (Wildman–Crippen LogP) is 4.08. The van der Waals surface area contributed by atoms with Gasteiger partial charge >= 0.3 is 0 Å². The number of hydrogen-bond donors (Lipinski definition) is 2. The molecule has 158 valence electrons. The molecule has 1 aliphatic rings. The lowest BCUT2D eigenvalue weighted by atomic mass is 10.1. The Hall–Kier alpha value is -2.55. The third-order valence-electron chi connectivity index (χ3n) is 5.23. The number of aliphatic imine (C=N–C) groups is 1. The first kappa shape index (κ1) is 22.1. The molecule has 2 heterocycles. The van der Waals surface area contributed by atoms with Crippen molar-refractivity contribution in [2.45, 2.75) is 25.9 Å². The van der Waals surface area contributed by atoms with Crippen molar-refractivity contribution in [3.8, 4) is 11.5 Å². The summed E-state index contributed by atoms with van der Waals surface area (Å²) in [6.45, 7) is 4.58. The van der Waals surface area contributed by atoms with Gasteiger partial charge in [-0.3, -0.25) is 4.99 Å². The molecule has 1 aliphatic heterocycles. The van der Waals surface area contributed by atoms with E-state index >= 15 is 0 Å². The Kier molecular flexibility index (Phi) is 7.73. The van der Waals surface area contributed by atoms with E-state index in [2.05, 4.69) is 56.7 Å². The number of anilines is 1. The van der Waals surface area contributed by atoms with Crippen LogP contribution in [0.4, 0.5) is 5.69 Å². The Labute approximate surface area is 194 Å². The van der Waals surface area contributed by atoms with Crippen LogP contribution in [0.15, 0.2) is 70.3 Å². The number of para-hydroxylation sites is 1. The van der Waals surface area contributed by atoms with Crippen LogP contribution in [0.1, 0.15) is 18.2 Å². The van der Waals surface area contributed by atoms with Crippen LogP contribution < -0.4 is 15.5 Å². The summed E-state index contributed by atoms with van der Waals surface area (Å²) in [6.07, 6.45) is 2.80. The van der Waals surface area contributed by atoms with Gasteiger partial charge in [-0.15, -0.1) is 24.0 Å². The van der Waals surface area contributed by atoms with E-state index in [1.54, 1.807) is 13.3 Å². The Morgan fingerprint density at radius 1 is 1.13 bits per heavy atom. The predicted molar refractivity (Wildman–Crippen MR) is 133 cm³/mol. The average Bonchev–Trinajstić information content (AvgIpc) is 3.35. The molecule has 0 fully saturated rings. The fourth-order valence-electron chi connectivity index (χ4n) is 3.76. The van der Waals surface area contributed by atoms with Gasteiger partial charge in [0, 0.05) is 37.4 Å². The smallest absolute Gasteiger partial charge is 0.226 e. The molecule has 0 saturated heterocycles. The monoisotopic (exact) mass is 517 g/mol. The molecule has 4 rings (SSSR count). The zero-order valence-corrected chi connectivity index (χ0v) is 19.7. The molecule has 0 amide bonds. The molecule has 7 heteroatoms. The second-order valence-electron chi connectivity index (χ2n) is 7.24. The maximum absolute atomic E-state index is 5.59. The van der Waals surface area contributed by atoms with E-state index in [9.17, 15) is 0 Å². The van der Waals surface area contributed by atoms with Gasteiger partial charge in [-0.2, -0.15) is 0 Å². The van der Waals surface area contributed by atoms with Crippen LogP contribution in [-0.2, 0) is 13.0 Å². The fourth-order valence-corrected chi connectivity index (χ4v) is 3.76. The van der Waals surface area contributed by atoms with Gasteiger partial charge in [0.1, 0.15) is 6.26 Å². The number of nitrogens with zero attached hydrogens (tertiary/aromatic N) is 3. The molecule has 1 atom stereocenters. The number of guanidine groups is 1. The van der Waals surface area contributed by atoms with Gasteiger partial charge in [-0.1, -0.05) is 36.4 Å². The Morgan fingerprint density at radius 2 is 1.90 bits per heavy atom. The number of rotatable bonds is 6. The van der Waals surface area contributed by atoms with Crippen molar-refractivity contribution in [1.29, 1.82) is 0 Å². The summed E-state index contributed by atoms with van der Waals surface area (Å²) in [5, 5.41) is 6.70. The molecule has 0 radical (unpaired) electrons. The van der Waals surface area contributed by atoms with E-state index in [-0.39, 0.29) is 24.0 Å². The minimum Gasteiger partial charge on any atom is -0.444 e. The first-order valence-corrected chi connectivity index (χ1v) is 10.0. The summed E-state index contributed by atoms with van der Waals surface area (Å²) in [6, 6.07) is 19.1. The molecule has 6 nitrogen and oxygen atoms in total. The number of halogens is 1. The molecule has 3 aromatic rings. The fraction of sp³-hybridized carbons (Fsp3) is 0.304. The Balaban J connectivity index is 0.00000256. The Bertz CT molecular complexity index is 972. The second-order valence-corrected chi connectivity index (χ2v) is 7.24. The molecular formula is C23H28IN5O. The summed E-state index contributed by atoms with van der Waals surface area (Å²) >= 11 is 0. The van der Waals surface area contributed by atoms with E-state index in [1.807, 2.05) is 30.3 Å². The first-order chi connectivity index (χ1) is 14.2. The van der Waals surface area contributed by atoms with Gasteiger partial charge in [0.2, 0.25) is 5.89 Å². The largest absolute Gasteiger partial charge is 0.444 e. The highest BCUT2D eigenvalue weighted by molar-refractivity contribution is 14.0. The lowest BCUT2D eigenvalue weighted by molar-refractivity contribution is 0.572. The molecule has 0 spiro atoms. The molecule has 1 unspecified atom stereocenters. The summed E-state index contributed by atoms with van der Waals surface area (Å²) < 4.78 is 5.59. The number of aromatic nitrogens is 1. The van der Waals surface area contributed by atoms with Crippen LogP contribution in [0.25, 0.3) is 11.5 Å². The number of nitrogens with one attached hydrogen (secondary N) is 2. The Morgan fingerprint density at radius 3 is 2.70 bits per heavy atom. The molecule has 30 heavy (non-hydrogen) atoms. The molecule has 0 bridgehead atoms. The highest BCUT2D eigenvalue weighted by Gasteiger charge is 2.24. The SMILES string of the molecule is CN=C(NCCN1c2ccccc2CC1C)NCc1coc(-c2ccccc2)n1.I. The number of oxazole rings is 1. The van der Waals surface area contributed by atoms with Crippen LogP contribution >= 0.6 is 24.0 Å². The van der Waals surface area contributed by atoms with Crippen LogP contribution in [-0.4, -0.2) is 37.1 Å². The van der Waals surface area contributed by atoms with Crippen molar-refractivity contribution >= 4 is 35.6 Å². The van der Waals surface area contributed by atoms with Crippen molar-refractivity contribution in [3.63, 3.8) is 0 Å².